The van der Waals surface area contributed by atoms with Crippen LogP contribution in [0.4, 0.5) is 0 Å². The number of nitrogens with zero attached hydrogens (tertiary/aromatic N) is 2. The van der Waals surface area contributed by atoms with Gasteiger partial charge in [0, 0.05) is 25.4 Å². The topological polar surface area (TPSA) is 69.0 Å². The van der Waals surface area contributed by atoms with Gasteiger partial charge in [0.2, 0.25) is 0 Å². The fourth-order valence-electron chi connectivity index (χ4n) is 1.40. The van der Waals surface area contributed by atoms with E-state index in [0.29, 0.717) is 12.0 Å². The van der Waals surface area contributed by atoms with E-state index in [0.717, 1.165) is 5.69 Å². The zero-order valence-corrected chi connectivity index (χ0v) is 10.5. The molecule has 0 aliphatic carbocycles. The molecule has 16 heavy (non-hydrogen) atoms. The second-order valence-electron chi connectivity index (χ2n) is 3.92. The van der Waals surface area contributed by atoms with Crippen LogP contribution in [0.1, 0.15) is 28.9 Å². The highest BCUT2D eigenvalue weighted by Gasteiger charge is 2.13. The molecule has 0 fully saturated rings. The van der Waals surface area contributed by atoms with Gasteiger partial charge in [-0.15, -0.1) is 0 Å². The fraction of sp³-hybridized carbons (Fsp3) is 0.600. The third kappa shape index (κ3) is 3.44. The van der Waals surface area contributed by atoms with Crippen LogP contribution < -0.4 is 0 Å². The number of sulfone groups is 1. The Kier molecular flexibility index (Phi) is 3.85. The van der Waals surface area contributed by atoms with Crippen LogP contribution >= 0.6 is 0 Å². The third-order valence-electron chi connectivity index (χ3n) is 2.45. The molecule has 1 aromatic heterocycles. The Bertz CT molecular complexity index is 488. The van der Waals surface area contributed by atoms with Gasteiger partial charge in [0.15, 0.2) is 5.78 Å². The first-order valence-electron chi connectivity index (χ1n) is 5.01. The van der Waals surface area contributed by atoms with Crippen molar-refractivity contribution in [3.05, 3.63) is 17.5 Å². The predicted molar refractivity (Wildman–Crippen MR) is 61.2 cm³/mol. The number of ketones is 1. The van der Waals surface area contributed by atoms with Gasteiger partial charge >= 0.3 is 0 Å². The number of carbonyl (C=O) groups excluding carboxylic acids is 1. The maximum atomic E-state index is 11.7. The molecule has 0 amide bonds. The number of aromatic nitrogens is 2. The van der Waals surface area contributed by atoms with Crippen LogP contribution in [-0.2, 0) is 16.9 Å². The predicted octanol–water partition coefficient (Wildman–Crippen LogP) is 0.736. The van der Waals surface area contributed by atoms with Gasteiger partial charge in [0.25, 0.3) is 0 Å². The summed E-state index contributed by atoms with van der Waals surface area (Å²) < 4.78 is 23.4. The van der Waals surface area contributed by atoms with Crippen LogP contribution in [0.15, 0.2) is 6.20 Å². The van der Waals surface area contributed by atoms with E-state index < -0.39 is 9.84 Å². The van der Waals surface area contributed by atoms with E-state index in [2.05, 4.69) is 5.10 Å². The molecule has 1 rings (SSSR count). The molecule has 0 aliphatic rings. The van der Waals surface area contributed by atoms with Crippen LogP contribution in [0.2, 0.25) is 0 Å². The van der Waals surface area contributed by atoms with E-state index in [-0.39, 0.29) is 18.0 Å². The fourth-order valence-corrected chi connectivity index (χ4v) is 2.07. The Morgan fingerprint density at radius 3 is 2.56 bits per heavy atom. The van der Waals surface area contributed by atoms with Gasteiger partial charge in [0.05, 0.1) is 17.5 Å². The van der Waals surface area contributed by atoms with Crippen molar-refractivity contribution in [3.8, 4) is 0 Å². The highest BCUT2D eigenvalue weighted by molar-refractivity contribution is 7.90. The average molecular weight is 244 g/mol. The van der Waals surface area contributed by atoms with Crippen LogP contribution in [0.3, 0.4) is 0 Å². The van der Waals surface area contributed by atoms with E-state index >= 15 is 0 Å². The monoisotopic (exact) mass is 244 g/mol. The van der Waals surface area contributed by atoms with Crippen LogP contribution in [-0.4, -0.2) is 36.0 Å². The minimum atomic E-state index is -2.98. The zero-order chi connectivity index (χ0) is 12.3. The maximum Gasteiger partial charge on any atom is 0.166 e. The second kappa shape index (κ2) is 4.78. The van der Waals surface area contributed by atoms with Gasteiger partial charge in [-0.1, -0.05) is 0 Å². The number of hydrogen-bond donors (Lipinski definition) is 0. The van der Waals surface area contributed by atoms with E-state index in [4.69, 9.17) is 0 Å². The van der Waals surface area contributed by atoms with Gasteiger partial charge in [0.1, 0.15) is 9.84 Å². The van der Waals surface area contributed by atoms with Crippen molar-refractivity contribution in [1.29, 1.82) is 0 Å². The number of rotatable bonds is 5. The molecule has 1 heterocycles. The minimum absolute atomic E-state index is 0.0470. The Balaban J connectivity index is 2.57. The highest BCUT2D eigenvalue weighted by atomic mass is 32.2. The molecule has 5 nitrogen and oxygen atoms in total. The minimum Gasteiger partial charge on any atom is -0.294 e. The van der Waals surface area contributed by atoms with Gasteiger partial charge in [-0.05, 0) is 13.3 Å². The van der Waals surface area contributed by atoms with Gasteiger partial charge in [-0.2, -0.15) is 5.10 Å². The Hall–Kier alpha value is -1.17. The number of Topliss-reactive ketones (excluding diaryl/α,β-unsaturated/α-hetero) is 1. The van der Waals surface area contributed by atoms with E-state index in [1.807, 2.05) is 6.92 Å². The smallest absolute Gasteiger partial charge is 0.166 e. The lowest BCUT2D eigenvalue weighted by Gasteiger charge is -2.00. The molecule has 0 aliphatic heterocycles. The Morgan fingerprint density at radius 2 is 2.12 bits per heavy atom. The lowest BCUT2D eigenvalue weighted by molar-refractivity contribution is 0.0981. The van der Waals surface area contributed by atoms with Crippen LogP contribution in [0.25, 0.3) is 0 Å². The van der Waals surface area contributed by atoms with Crippen molar-refractivity contribution < 1.29 is 13.2 Å². The molecular weight excluding hydrogens is 228 g/mol. The van der Waals surface area contributed by atoms with Gasteiger partial charge < -0.3 is 0 Å². The quantitative estimate of drug-likeness (QED) is 0.716. The van der Waals surface area contributed by atoms with Crippen LogP contribution in [0.5, 0.6) is 0 Å². The molecule has 0 unspecified atom stereocenters. The third-order valence-corrected chi connectivity index (χ3v) is 3.48. The lowest BCUT2D eigenvalue weighted by Crippen LogP contribution is -2.07. The summed E-state index contributed by atoms with van der Waals surface area (Å²) in [6.07, 6.45) is 3.32. The summed E-state index contributed by atoms with van der Waals surface area (Å²) in [5.41, 5.74) is 1.39. The summed E-state index contributed by atoms with van der Waals surface area (Å²) in [4.78, 5) is 11.7. The first-order chi connectivity index (χ1) is 7.31. The Morgan fingerprint density at radius 1 is 1.50 bits per heavy atom. The van der Waals surface area contributed by atoms with Gasteiger partial charge in [-0.25, -0.2) is 8.42 Å². The normalized spacial score (nSPS) is 11.7. The molecule has 0 N–H and O–H groups in total. The van der Waals surface area contributed by atoms with Crippen molar-refractivity contribution in [2.75, 3.05) is 12.0 Å². The summed E-state index contributed by atoms with van der Waals surface area (Å²) in [6.45, 7) is 1.82. The molecule has 0 radical (unpaired) electrons. The molecule has 0 saturated carbocycles. The summed E-state index contributed by atoms with van der Waals surface area (Å²) in [7, 11) is -1.21. The number of hydrogen-bond acceptors (Lipinski definition) is 4. The van der Waals surface area contributed by atoms with Crippen molar-refractivity contribution in [3.63, 3.8) is 0 Å². The maximum absolute atomic E-state index is 11.7. The summed E-state index contributed by atoms with van der Waals surface area (Å²) in [6, 6.07) is 0. The van der Waals surface area contributed by atoms with E-state index in [1.54, 1.807) is 11.7 Å². The van der Waals surface area contributed by atoms with Crippen molar-refractivity contribution in [2.24, 2.45) is 7.05 Å². The van der Waals surface area contributed by atoms with Gasteiger partial charge in [-0.3, -0.25) is 9.48 Å². The summed E-state index contributed by atoms with van der Waals surface area (Å²) in [5.74, 6) is 0.00663. The Labute approximate surface area is 95.4 Å². The molecule has 0 aromatic carbocycles. The molecule has 0 atom stereocenters. The molecule has 90 valence electrons. The van der Waals surface area contributed by atoms with E-state index in [9.17, 15) is 13.2 Å². The largest absolute Gasteiger partial charge is 0.294 e. The molecular formula is C10H16N2O3S. The molecule has 0 saturated heterocycles. The molecule has 0 spiro atoms. The molecule has 1 aromatic rings. The number of aryl methyl sites for hydroxylation is 1. The second-order valence-corrected chi connectivity index (χ2v) is 6.18. The standard InChI is InChI=1S/C10H16N2O3S/c1-8-9(7-11-12(8)2)10(13)5-4-6-16(3,14)15/h7H,4-6H2,1-3H3. The highest BCUT2D eigenvalue weighted by Crippen LogP contribution is 2.10. The average Bonchev–Trinajstić information content (AvgIpc) is 2.45. The zero-order valence-electron chi connectivity index (χ0n) is 9.73. The first-order valence-corrected chi connectivity index (χ1v) is 7.07. The molecule has 6 heteroatoms. The summed E-state index contributed by atoms with van der Waals surface area (Å²) >= 11 is 0. The van der Waals surface area contributed by atoms with Crippen molar-refractivity contribution in [1.82, 2.24) is 9.78 Å². The summed E-state index contributed by atoms with van der Waals surface area (Å²) in [5, 5.41) is 3.97. The van der Waals surface area contributed by atoms with Crippen molar-refractivity contribution >= 4 is 15.6 Å². The lowest BCUT2D eigenvalue weighted by atomic mass is 10.1. The SMILES string of the molecule is Cc1c(C(=O)CCCS(C)(=O)=O)cnn1C. The first kappa shape index (κ1) is 12.9. The number of carbonyl (C=O) groups is 1. The van der Waals surface area contributed by atoms with Crippen LogP contribution in [0, 0.1) is 6.92 Å². The molecule has 0 bridgehead atoms. The van der Waals surface area contributed by atoms with E-state index in [1.165, 1.54) is 12.5 Å². The van der Waals surface area contributed by atoms with Crippen molar-refractivity contribution in [2.45, 2.75) is 19.8 Å².